The molecule has 98 valence electrons. The molecule has 0 spiro atoms. The van der Waals surface area contributed by atoms with Crippen molar-refractivity contribution < 1.29 is 5.11 Å². The van der Waals surface area contributed by atoms with Crippen LogP contribution in [0.5, 0.6) is 5.75 Å². The number of pyridine rings is 1. The van der Waals surface area contributed by atoms with Crippen LogP contribution in [0.4, 0.5) is 5.69 Å². The van der Waals surface area contributed by atoms with Crippen molar-refractivity contribution in [1.82, 2.24) is 4.98 Å². The first-order valence-electron chi connectivity index (χ1n) is 6.34. The number of fused-ring (bicyclic) bond motifs is 1. The first kappa shape index (κ1) is 12.5. The van der Waals surface area contributed by atoms with E-state index in [1.54, 1.807) is 6.07 Å². The molecule has 0 radical (unpaired) electrons. The molecule has 1 aliphatic rings. The van der Waals surface area contributed by atoms with Crippen LogP contribution >= 0.6 is 15.9 Å². The monoisotopic (exact) mass is 318 g/mol. The van der Waals surface area contributed by atoms with E-state index in [1.807, 2.05) is 19.2 Å². The molecule has 0 saturated carbocycles. The molecule has 1 aromatic carbocycles. The number of benzene rings is 1. The van der Waals surface area contributed by atoms with Crippen molar-refractivity contribution in [1.29, 1.82) is 0 Å². The van der Waals surface area contributed by atoms with E-state index in [0.717, 1.165) is 34.3 Å². The highest BCUT2D eigenvalue weighted by atomic mass is 79.9. The fraction of sp³-hybridized carbons (Fsp3) is 0.267. The minimum atomic E-state index is 0.254. The summed E-state index contributed by atoms with van der Waals surface area (Å²) in [6, 6.07) is 8.08. The maximum Gasteiger partial charge on any atom is 0.119 e. The molecule has 1 aliphatic carbocycles. The maximum atomic E-state index is 9.85. The van der Waals surface area contributed by atoms with Gasteiger partial charge in [0, 0.05) is 0 Å². The first-order chi connectivity index (χ1) is 9.15. The second kappa shape index (κ2) is 4.85. The number of phenols is 1. The Morgan fingerprint density at radius 2 is 2.26 bits per heavy atom. The van der Waals surface area contributed by atoms with Crippen molar-refractivity contribution in [3.63, 3.8) is 0 Å². The highest BCUT2D eigenvalue weighted by Crippen LogP contribution is 2.38. The molecule has 4 heteroatoms. The Labute approximate surface area is 120 Å². The van der Waals surface area contributed by atoms with E-state index in [2.05, 4.69) is 38.4 Å². The molecule has 1 aromatic heterocycles. The van der Waals surface area contributed by atoms with Gasteiger partial charge in [-0.05, 0) is 64.5 Å². The third-order valence-electron chi connectivity index (χ3n) is 3.60. The largest absolute Gasteiger partial charge is 0.508 e. The third-order valence-corrected chi connectivity index (χ3v) is 4.43. The smallest absolute Gasteiger partial charge is 0.119 e. The molecular weight excluding hydrogens is 304 g/mol. The van der Waals surface area contributed by atoms with Gasteiger partial charge in [-0.25, -0.2) is 4.98 Å². The van der Waals surface area contributed by atoms with Crippen LogP contribution in [0, 0.1) is 6.92 Å². The van der Waals surface area contributed by atoms with Crippen molar-refractivity contribution in [2.75, 3.05) is 5.32 Å². The van der Waals surface area contributed by atoms with Gasteiger partial charge in [-0.2, -0.15) is 0 Å². The van der Waals surface area contributed by atoms with Crippen molar-refractivity contribution in [3.05, 3.63) is 51.8 Å². The lowest BCUT2D eigenvalue weighted by molar-refractivity contribution is 0.469. The van der Waals surface area contributed by atoms with Gasteiger partial charge in [-0.15, -0.1) is 0 Å². The van der Waals surface area contributed by atoms with E-state index in [-0.39, 0.29) is 6.04 Å². The molecule has 3 nitrogen and oxygen atoms in total. The van der Waals surface area contributed by atoms with Gasteiger partial charge in [0.2, 0.25) is 0 Å². The quantitative estimate of drug-likeness (QED) is 0.824. The number of phenolic OH excluding ortho intramolecular Hbond substituents is 1. The Kier molecular flexibility index (Phi) is 3.19. The van der Waals surface area contributed by atoms with Gasteiger partial charge < -0.3 is 10.4 Å². The molecular formula is C15H15BrN2O. The fourth-order valence-electron chi connectivity index (χ4n) is 2.62. The summed E-state index contributed by atoms with van der Waals surface area (Å²) < 4.78 is 0.877. The van der Waals surface area contributed by atoms with Crippen molar-refractivity contribution in [2.45, 2.75) is 25.8 Å². The number of nitrogens with one attached hydrogen (secondary N) is 1. The average molecular weight is 319 g/mol. The standard InChI is InChI=1S/C15H15BrN2O/c1-9-7-10(8-17-15(9)16)18-13-6-5-12-11(13)3-2-4-14(12)19/h2-4,7-8,13,18-19H,5-6H2,1H3. The topological polar surface area (TPSA) is 45.1 Å². The molecule has 0 amide bonds. The maximum absolute atomic E-state index is 9.85. The van der Waals surface area contributed by atoms with Gasteiger partial charge >= 0.3 is 0 Å². The summed E-state index contributed by atoms with van der Waals surface area (Å²) in [6.07, 6.45) is 3.75. The predicted octanol–water partition coefficient (Wildman–Crippen LogP) is 3.96. The molecule has 0 aliphatic heterocycles. The molecule has 1 atom stereocenters. The molecule has 0 fully saturated rings. The molecule has 0 bridgehead atoms. The van der Waals surface area contributed by atoms with Crippen LogP contribution in [0.25, 0.3) is 0 Å². The van der Waals surface area contributed by atoms with Crippen LogP contribution in [0.15, 0.2) is 35.1 Å². The zero-order chi connectivity index (χ0) is 13.4. The average Bonchev–Trinajstić information content (AvgIpc) is 2.79. The number of halogens is 1. The van der Waals surface area contributed by atoms with Gasteiger partial charge in [0.1, 0.15) is 10.4 Å². The van der Waals surface area contributed by atoms with Gasteiger partial charge in [-0.1, -0.05) is 12.1 Å². The lowest BCUT2D eigenvalue weighted by Gasteiger charge is -2.16. The summed E-state index contributed by atoms with van der Waals surface area (Å²) in [5.41, 5.74) is 4.39. The molecule has 2 aromatic rings. The minimum absolute atomic E-state index is 0.254. The van der Waals surface area contributed by atoms with Crippen LogP contribution in [0.3, 0.4) is 0 Å². The van der Waals surface area contributed by atoms with Crippen LogP contribution in [-0.2, 0) is 6.42 Å². The van der Waals surface area contributed by atoms with E-state index in [4.69, 9.17) is 0 Å². The second-order valence-corrected chi connectivity index (χ2v) is 5.66. The number of aromatic hydroxyl groups is 1. The molecule has 2 N–H and O–H groups in total. The van der Waals surface area contributed by atoms with Crippen LogP contribution < -0.4 is 5.32 Å². The van der Waals surface area contributed by atoms with E-state index in [0.29, 0.717) is 5.75 Å². The summed E-state index contributed by atoms with van der Waals surface area (Å²) in [4.78, 5) is 4.30. The number of aryl methyl sites for hydroxylation is 1. The minimum Gasteiger partial charge on any atom is -0.508 e. The third kappa shape index (κ3) is 2.32. The number of nitrogens with zero attached hydrogens (tertiary/aromatic N) is 1. The molecule has 0 saturated heterocycles. The fourth-order valence-corrected chi connectivity index (χ4v) is 2.84. The number of hydrogen-bond donors (Lipinski definition) is 2. The van der Waals surface area contributed by atoms with Crippen LogP contribution in [-0.4, -0.2) is 10.1 Å². The summed E-state index contributed by atoms with van der Waals surface area (Å²) >= 11 is 3.41. The van der Waals surface area contributed by atoms with Gasteiger partial charge in [0.25, 0.3) is 0 Å². The van der Waals surface area contributed by atoms with Crippen LogP contribution in [0.1, 0.15) is 29.2 Å². The number of hydrogen-bond acceptors (Lipinski definition) is 3. The highest BCUT2D eigenvalue weighted by Gasteiger charge is 2.24. The number of aromatic nitrogens is 1. The van der Waals surface area contributed by atoms with Crippen molar-refractivity contribution in [3.8, 4) is 5.75 Å². The SMILES string of the molecule is Cc1cc(NC2CCc3c(O)cccc32)cnc1Br. The zero-order valence-corrected chi connectivity index (χ0v) is 12.2. The summed E-state index contributed by atoms with van der Waals surface area (Å²) in [6.45, 7) is 2.02. The summed E-state index contributed by atoms with van der Waals surface area (Å²) in [7, 11) is 0. The molecule has 1 heterocycles. The molecule has 19 heavy (non-hydrogen) atoms. The zero-order valence-electron chi connectivity index (χ0n) is 10.7. The Morgan fingerprint density at radius 1 is 1.42 bits per heavy atom. The number of rotatable bonds is 2. The van der Waals surface area contributed by atoms with Gasteiger partial charge in [-0.3, -0.25) is 0 Å². The lowest BCUT2D eigenvalue weighted by atomic mass is 10.1. The Balaban J connectivity index is 1.86. The first-order valence-corrected chi connectivity index (χ1v) is 7.14. The second-order valence-electron chi connectivity index (χ2n) is 4.91. The van der Waals surface area contributed by atoms with Crippen molar-refractivity contribution >= 4 is 21.6 Å². The van der Waals surface area contributed by atoms with Crippen LogP contribution in [0.2, 0.25) is 0 Å². The lowest BCUT2D eigenvalue weighted by Crippen LogP contribution is -2.07. The van der Waals surface area contributed by atoms with Gasteiger partial charge in [0.05, 0.1) is 17.9 Å². The van der Waals surface area contributed by atoms with Gasteiger partial charge in [0.15, 0.2) is 0 Å². The Morgan fingerprint density at radius 3 is 3.05 bits per heavy atom. The van der Waals surface area contributed by atoms with E-state index >= 15 is 0 Å². The summed E-state index contributed by atoms with van der Waals surface area (Å²) in [5.74, 6) is 0.409. The van der Waals surface area contributed by atoms with Crippen molar-refractivity contribution in [2.24, 2.45) is 0 Å². The molecule has 3 rings (SSSR count). The molecule has 1 unspecified atom stereocenters. The highest BCUT2D eigenvalue weighted by molar-refractivity contribution is 9.10. The normalized spacial score (nSPS) is 17.3. The summed E-state index contributed by atoms with van der Waals surface area (Å²) in [5, 5.41) is 13.3. The van der Waals surface area contributed by atoms with E-state index in [9.17, 15) is 5.11 Å². The van der Waals surface area contributed by atoms with E-state index < -0.39 is 0 Å². The van der Waals surface area contributed by atoms with E-state index in [1.165, 1.54) is 5.56 Å². The Bertz CT molecular complexity index is 628. The Hall–Kier alpha value is -1.55. The predicted molar refractivity (Wildman–Crippen MR) is 79.5 cm³/mol. The number of anilines is 1.